The molecule has 2 rings (SSSR count). The third-order valence-corrected chi connectivity index (χ3v) is 2.87. The summed E-state index contributed by atoms with van der Waals surface area (Å²) in [6, 6.07) is 10.00. The minimum Gasteiger partial charge on any atom is -0.258 e. The largest absolute Gasteiger partial charge is 0.269 e. The molecule has 1 aliphatic carbocycles. The Kier molecular flexibility index (Phi) is 2.10. The van der Waals surface area contributed by atoms with Crippen molar-refractivity contribution in [3.63, 3.8) is 0 Å². The molecule has 0 aliphatic heterocycles. The molecule has 0 saturated heterocycles. The lowest BCUT2D eigenvalue weighted by atomic mass is 10.0. The molecule has 1 aliphatic rings. The Hall–Kier alpha value is -2.40. The molecule has 1 atom stereocenters. The van der Waals surface area contributed by atoms with Crippen molar-refractivity contribution in [2.75, 3.05) is 0 Å². The number of nitro groups is 1. The summed E-state index contributed by atoms with van der Waals surface area (Å²) < 4.78 is 0. The molecule has 1 saturated carbocycles. The predicted molar refractivity (Wildman–Crippen MR) is 54.1 cm³/mol. The summed E-state index contributed by atoms with van der Waals surface area (Å²) in [6.07, 6.45) is 0.512. The molecular formula is C11H7N3O2. The minimum atomic E-state index is -0.921. The van der Waals surface area contributed by atoms with Crippen LogP contribution in [0.2, 0.25) is 0 Å². The van der Waals surface area contributed by atoms with Gasteiger partial charge in [0.15, 0.2) is 5.41 Å². The highest BCUT2D eigenvalue weighted by molar-refractivity contribution is 5.44. The van der Waals surface area contributed by atoms with Crippen molar-refractivity contribution < 1.29 is 4.92 Å². The van der Waals surface area contributed by atoms with Crippen molar-refractivity contribution in [3.05, 3.63) is 39.9 Å². The van der Waals surface area contributed by atoms with Gasteiger partial charge in [0.1, 0.15) is 0 Å². The number of hydrogen-bond donors (Lipinski definition) is 0. The second-order valence-corrected chi connectivity index (χ2v) is 3.80. The zero-order chi connectivity index (χ0) is 11.8. The number of rotatable bonds is 2. The number of nitro benzene ring substituents is 1. The molecule has 0 N–H and O–H groups in total. The number of nitriles is 2. The lowest BCUT2D eigenvalue weighted by molar-refractivity contribution is -0.384. The first-order valence-corrected chi connectivity index (χ1v) is 4.70. The van der Waals surface area contributed by atoms with E-state index in [9.17, 15) is 10.1 Å². The van der Waals surface area contributed by atoms with Gasteiger partial charge in [0.25, 0.3) is 5.69 Å². The minimum absolute atomic E-state index is 0.0175. The van der Waals surface area contributed by atoms with Crippen molar-refractivity contribution >= 4 is 5.69 Å². The van der Waals surface area contributed by atoms with E-state index in [0.717, 1.165) is 5.56 Å². The monoisotopic (exact) mass is 213 g/mol. The predicted octanol–water partition coefficient (Wildman–Crippen LogP) is 2.12. The third-order valence-electron chi connectivity index (χ3n) is 2.87. The third kappa shape index (κ3) is 1.39. The van der Waals surface area contributed by atoms with E-state index in [2.05, 4.69) is 0 Å². The average Bonchev–Trinajstić information content (AvgIpc) is 3.04. The molecule has 16 heavy (non-hydrogen) atoms. The van der Waals surface area contributed by atoms with Crippen LogP contribution in [0, 0.1) is 38.2 Å². The van der Waals surface area contributed by atoms with E-state index >= 15 is 0 Å². The zero-order valence-corrected chi connectivity index (χ0v) is 8.25. The van der Waals surface area contributed by atoms with Gasteiger partial charge in [-0.05, 0) is 12.0 Å². The molecule has 0 bridgehead atoms. The van der Waals surface area contributed by atoms with E-state index in [1.807, 2.05) is 12.1 Å². The maximum atomic E-state index is 10.4. The van der Waals surface area contributed by atoms with Gasteiger partial charge in [-0.25, -0.2) is 0 Å². The van der Waals surface area contributed by atoms with Gasteiger partial charge in [0.05, 0.1) is 17.1 Å². The molecule has 78 valence electrons. The van der Waals surface area contributed by atoms with E-state index in [4.69, 9.17) is 10.5 Å². The Balaban J connectivity index is 2.24. The van der Waals surface area contributed by atoms with Crippen molar-refractivity contribution in [3.8, 4) is 12.1 Å². The van der Waals surface area contributed by atoms with Gasteiger partial charge in [0, 0.05) is 18.1 Å². The Morgan fingerprint density at radius 2 is 1.88 bits per heavy atom. The van der Waals surface area contributed by atoms with Gasteiger partial charge < -0.3 is 0 Å². The fourth-order valence-electron chi connectivity index (χ4n) is 1.77. The summed E-state index contributed by atoms with van der Waals surface area (Å²) >= 11 is 0. The molecule has 5 nitrogen and oxygen atoms in total. The zero-order valence-electron chi connectivity index (χ0n) is 8.25. The van der Waals surface area contributed by atoms with Crippen LogP contribution in [0.5, 0.6) is 0 Å². The van der Waals surface area contributed by atoms with Crippen molar-refractivity contribution in [1.82, 2.24) is 0 Å². The molecule has 1 fully saturated rings. The molecule has 1 aromatic carbocycles. The van der Waals surface area contributed by atoms with Gasteiger partial charge >= 0.3 is 0 Å². The Bertz CT molecular complexity index is 508. The van der Waals surface area contributed by atoms with Crippen molar-refractivity contribution in [2.24, 2.45) is 5.41 Å². The molecule has 0 spiro atoms. The van der Waals surface area contributed by atoms with Crippen LogP contribution in [0.25, 0.3) is 0 Å². The summed E-state index contributed by atoms with van der Waals surface area (Å²) in [5.74, 6) is -0.108. The first-order chi connectivity index (χ1) is 7.63. The fraction of sp³-hybridized carbons (Fsp3) is 0.273. The smallest absolute Gasteiger partial charge is 0.258 e. The maximum absolute atomic E-state index is 10.4. The van der Waals surface area contributed by atoms with E-state index < -0.39 is 10.3 Å². The molecule has 0 amide bonds. The van der Waals surface area contributed by atoms with Crippen LogP contribution < -0.4 is 0 Å². The van der Waals surface area contributed by atoms with Crippen LogP contribution in [-0.4, -0.2) is 4.92 Å². The van der Waals surface area contributed by atoms with Gasteiger partial charge in [-0.1, -0.05) is 12.1 Å². The number of hydrogen-bond acceptors (Lipinski definition) is 4. The van der Waals surface area contributed by atoms with Crippen molar-refractivity contribution in [2.45, 2.75) is 12.3 Å². The summed E-state index contributed by atoms with van der Waals surface area (Å²) in [5, 5.41) is 28.1. The molecule has 0 unspecified atom stereocenters. The van der Waals surface area contributed by atoms with Crippen LogP contribution in [0.15, 0.2) is 24.3 Å². The highest BCUT2D eigenvalue weighted by Gasteiger charge is 2.56. The molecule has 0 aromatic heterocycles. The molecule has 5 heteroatoms. The summed E-state index contributed by atoms with van der Waals surface area (Å²) in [6.45, 7) is 0. The van der Waals surface area contributed by atoms with Gasteiger partial charge in [-0.2, -0.15) is 10.5 Å². The van der Waals surface area contributed by atoms with Crippen LogP contribution in [0.1, 0.15) is 17.9 Å². The second kappa shape index (κ2) is 3.32. The van der Waals surface area contributed by atoms with Crippen LogP contribution in [0.3, 0.4) is 0 Å². The molecule has 0 radical (unpaired) electrons. The number of non-ortho nitro benzene ring substituents is 1. The topological polar surface area (TPSA) is 90.7 Å². The van der Waals surface area contributed by atoms with E-state index in [0.29, 0.717) is 6.42 Å². The fourth-order valence-corrected chi connectivity index (χ4v) is 1.77. The molecule has 1 aromatic rings. The number of benzene rings is 1. The van der Waals surface area contributed by atoms with E-state index in [1.54, 1.807) is 12.1 Å². The molecule has 0 heterocycles. The maximum Gasteiger partial charge on any atom is 0.269 e. The summed E-state index contributed by atoms with van der Waals surface area (Å²) in [5.41, 5.74) is -0.0894. The first-order valence-electron chi connectivity index (χ1n) is 4.70. The Morgan fingerprint density at radius 3 is 2.25 bits per heavy atom. The van der Waals surface area contributed by atoms with Crippen LogP contribution in [0.4, 0.5) is 5.69 Å². The van der Waals surface area contributed by atoms with Crippen molar-refractivity contribution in [1.29, 1.82) is 10.5 Å². The summed E-state index contributed by atoms with van der Waals surface area (Å²) in [7, 11) is 0. The first kappa shape index (κ1) is 10.1. The second-order valence-electron chi connectivity index (χ2n) is 3.80. The van der Waals surface area contributed by atoms with Gasteiger partial charge in [-0.3, -0.25) is 10.1 Å². The highest BCUT2D eigenvalue weighted by atomic mass is 16.6. The lowest BCUT2D eigenvalue weighted by Gasteiger charge is -1.99. The average molecular weight is 213 g/mol. The van der Waals surface area contributed by atoms with E-state index in [-0.39, 0.29) is 11.6 Å². The normalized spacial score (nSPS) is 20.5. The number of nitrogens with zero attached hydrogens (tertiary/aromatic N) is 3. The van der Waals surface area contributed by atoms with Gasteiger partial charge in [0.2, 0.25) is 0 Å². The SMILES string of the molecule is N#CC1(C#N)C[C@H]1c1ccc([N+](=O)[O-])cc1. The van der Waals surface area contributed by atoms with Crippen LogP contribution >= 0.6 is 0 Å². The quantitative estimate of drug-likeness (QED) is 0.555. The summed E-state index contributed by atoms with van der Waals surface area (Å²) in [4.78, 5) is 9.96. The highest BCUT2D eigenvalue weighted by Crippen LogP contribution is 2.58. The Labute approximate surface area is 91.7 Å². The standard InChI is InChI=1S/C11H7N3O2/c12-6-11(7-13)5-10(11)8-1-3-9(4-2-8)14(15)16/h1-4,10H,5H2/t10-/m0/s1. The van der Waals surface area contributed by atoms with Gasteiger partial charge in [-0.15, -0.1) is 0 Å². The Morgan fingerprint density at radius 1 is 1.31 bits per heavy atom. The molecular weight excluding hydrogens is 206 g/mol. The lowest BCUT2D eigenvalue weighted by Crippen LogP contribution is -1.95. The van der Waals surface area contributed by atoms with E-state index in [1.165, 1.54) is 12.1 Å². The van der Waals surface area contributed by atoms with Crippen LogP contribution in [-0.2, 0) is 0 Å².